The van der Waals surface area contributed by atoms with Gasteiger partial charge in [0, 0.05) is 17.6 Å². The van der Waals surface area contributed by atoms with Crippen LogP contribution in [0.4, 0.5) is 0 Å². The van der Waals surface area contributed by atoms with Crippen molar-refractivity contribution in [1.82, 2.24) is 0 Å². The monoisotopic (exact) mass is 392 g/mol. The molecule has 0 aliphatic rings. The fourth-order valence-corrected chi connectivity index (χ4v) is 3.40. The molecule has 0 bridgehead atoms. The molecule has 2 aromatic rings. The molecule has 0 aliphatic carbocycles. The van der Waals surface area contributed by atoms with Crippen molar-refractivity contribution in [2.24, 2.45) is 0 Å². The first-order valence-electron chi connectivity index (χ1n) is 9.43. The molecule has 0 N–H and O–H groups in total. The Morgan fingerprint density at radius 3 is 1.24 bits per heavy atom. The molecule has 0 amide bonds. The second-order valence-corrected chi connectivity index (χ2v) is 7.75. The third-order valence-corrected chi connectivity index (χ3v) is 5.10. The summed E-state index contributed by atoms with van der Waals surface area (Å²) in [5.41, 5.74) is 5.41. The summed E-state index contributed by atoms with van der Waals surface area (Å²) in [5, 5.41) is 0. The molecule has 0 aliphatic heterocycles. The summed E-state index contributed by atoms with van der Waals surface area (Å²) in [4.78, 5) is 23.2. The molecule has 0 aromatic heterocycles. The molecule has 2 rings (SSSR count). The maximum atomic E-state index is 11.6. The van der Waals surface area contributed by atoms with Gasteiger partial charge in [0.25, 0.3) is 0 Å². The average Bonchev–Trinajstić information content (AvgIpc) is 2.66. The van der Waals surface area contributed by atoms with Crippen LogP contribution in [0.25, 0.3) is 0 Å². The highest BCUT2D eigenvalue weighted by atomic mass is 16.5. The normalized spacial score (nSPS) is 11.0. The van der Waals surface area contributed by atoms with Gasteiger partial charge in [-0.2, -0.15) is 0 Å². The maximum absolute atomic E-state index is 11.6. The Hall–Kier alpha value is -3.14. The Kier molecular flexibility index (Phi) is 6.48. The molecule has 0 fully saturated rings. The van der Waals surface area contributed by atoms with E-state index in [0.717, 1.165) is 45.5 Å². The number of aryl methyl sites for hydroxylation is 4. The van der Waals surface area contributed by atoms with Crippen LogP contribution in [0.2, 0.25) is 0 Å². The Labute approximate surface area is 172 Å². The van der Waals surface area contributed by atoms with E-state index in [4.69, 9.17) is 9.47 Å². The molecule has 0 saturated carbocycles. The zero-order valence-corrected chi connectivity index (χ0v) is 18.0. The largest absolute Gasteiger partial charge is 0.423 e. The minimum absolute atomic E-state index is 0.313. The Morgan fingerprint density at radius 1 is 0.724 bits per heavy atom. The van der Waals surface area contributed by atoms with Crippen LogP contribution in [-0.2, 0) is 15.0 Å². The molecule has 29 heavy (non-hydrogen) atoms. The van der Waals surface area contributed by atoms with Crippen LogP contribution in [-0.4, -0.2) is 11.9 Å². The number of rotatable bonds is 6. The van der Waals surface area contributed by atoms with E-state index in [1.807, 2.05) is 52.0 Å². The standard InChI is InChI=1S/C25H28O4/c1-9-21(26)28-23-15(3)11-19(12-16(23)4)25(7,8)20-13-17(5)24(18(6)14-20)29-22(27)10-2/h9-14H,1-2H2,3-8H3. The summed E-state index contributed by atoms with van der Waals surface area (Å²) < 4.78 is 10.8. The highest BCUT2D eigenvalue weighted by Gasteiger charge is 2.26. The number of hydrogen-bond acceptors (Lipinski definition) is 4. The van der Waals surface area contributed by atoms with E-state index in [0.29, 0.717) is 11.5 Å². The lowest BCUT2D eigenvalue weighted by Crippen LogP contribution is -2.20. The van der Waals surface area contributed by atoms with Gasteiger partial charge >= 0.3 is 11.9 Å². The lowest BCUT2D eigenvalue weighted by Gasteiger charge is -2.29. The predicted molar refractivity (Wildman–Crippen MR) is 116 cm³/mol. The van der Waals surface area contributed by atoms with Crippen molar-refractivity contribution in [2.75, 3.05) is 0 Å². The summed E-state index contributed by atoms with van der Waals surface area (Å²) in [6.07, 6.45) is 2.31. The molecular formula is C25H28O4. The minimum Gasteiger partial charge on any atom is -0.423 e. The van der Waals surface area contributed by atoms with Crippen LogP contribution in [0.15, 0.2) is 49.6 Å². The van der Waals surface area contributed by atoms with Gasteiger partial charge in [-0.15, -0.1) is 0 Å². The molecule has 4 heteroatoms. The van der Waals surface area contributed by atoms with Crippen LogP contribution in [0.5, 0.6) is 11.5 Å². The lowest BCUT2D eigenvalue weighted by molar-refractivity contribution is -0.129. The van der Waals surface area contributed by atoms with Crippen LogP contribution >= 0.6 is 0 Å². The predicted octanol–water partition coefficient (Wildman–Crippen LogP) is 5.43. The van der Waals surface area contributed by atoms with E-state index in [2.05, 4.69) is 27.0 Å². The van der Waals surface area contributed by atoms with Crippen molar-refractivity contribution >= 4 is 11.9 Å². The highest BCUT2D eigenvalue weighted by Crippen LogP contribution is 2.38. The lowest BCUT2D eigenvalue weighted by atomic mass is 9.76. The molecule has 0 spiro atoms. The first-order chi connectivity index (χ1) is 13.5. The molecular weight excluding hydrogens is 364 g/mol. The average molecular weight is 392 g/mol. The van der Waals surface area contributed by atoms with Crippen LogP contribution in [0.3, 0.4) is 0 Å². The number of carbonyl (C=O) groups is 2. The van der Waals surface area contributed by atoms with E-state index in [1.54, 1.807) is 0 Å². The van der Waals surface area contributed by atoms with Gasteiger partial charge in [-0.1, -0.05) is 51.3 Å². The van der Waals surface area contributed by atoms with Crippen molar-refractivity contribution < 1.29 is 19.1 Å². The third-order valence-electron chi connectivity index (χ3n) is 5.10. The third kappa shape index (κ3) is 4.65. The number of carbonyl (C=O) groups excluding carboxylic acids is 2. The van der Waals surface area contributed by atoms with Gasteiger partial charge in [-0.05, 0) is 61.1 Å². The van der Waals surface area contributed by atoms with Gasteiger partial charge in [0.1, 0.15) is 11.5 Å². The van der Waals surface area contributed by atoms with Crippen molar-refractivity contribution in [2.45, 2.75) is 47.0 Å². The van der Waals surface area contributed by atoms with Crippen LogP contribution in [0, 0.1) is 27.7 Å². The molecule has 0 saturated heterocycles. The van der Waals surface area contributed by atoms with Crippen molar-refractivity contribution in [3.8, 4) is 11.5 Å². The first kappa shape index (κ1) is 22.2. The summed E-state index contributed by atoms with van der Waals surface area (Å²) in [6, 6.07) is 8.15. The van der Waals surface area contributed by atoms with Crippen molar-refractivity contribution in [3.05, 3.63) is 83.0 Å². The molecule has 152 valence electrons. The fraction of sp³-hybridized carbons (Fsp3) is 0.280. The quantitative estimate of drug-likeness (QED) is 0.374. The molecule has 4 nitrogen and oxygen atoms in total. The van der Waals surface area contributed by atoms with E-state index in [9.17, 15) is 9.59 Å². The molecule has 0 radical (unpaired) electrons. The first-order valence-corrected chi connectivity index (χ1v) is 9.43. The molecule has 0 heterocycles. The molecule has 2 aromatic carbocycles. The second kappa shape index (κ2) is 8.48. The van der Waals surface area contributed by atoms with E-state index in [-0.39, 0.29) is 5.41 Å². The smallest absolute Gasteiger partial charge is 0.335 e. The minimum atomic E-state index is -0.473. The Balaban J connectivity index is 2.50. The number of benzene rings is 2. The van der Waals surface area contributed by atoms with Gasteiger partial charge < -0.3 is 9.47 Å². The van der Waals surface area contributed by atoms with Gasteiger partial charge in [0.2, 0.25) is 0 Å². The van der Waals surface area contributed by atoms with Gasteiger partial charge in [-0.3, -0.25) is 0 Å². The molecule has 0 unspecified atom stereocenters. The zero-order valence-electron chi connectivity index (χ0n) is 18.0. The number of hydrogen-bond donors (Lipinski definition) is 0. The zero-order chi connectivity index (χ0) is 21.9. The summed E-state index contributed by atoms with van der Waals surface area (Å²) in [7, 11) is 0. The van der Waals surface area contributed by atoms with E-state index in [1.165, 1.54) is 0 Å². The topological polar surface area (TPSA) is 52.6 Å². The maximum Gasteiger partial charge on any atom is 0.335 e. The van der Waals surface area contributed by atoms with Gasteiger partial charge in [0.15, 0.2) is 0 Å². The number of ether oxygens (including phenoxy) is 2. The fourth-order valence-electron chi connectivity index (χ4n) is 3.40. The van der Waals surface area contributed by atoms with Gasteiger partial charge in [0.05, 0.1) is 0 Å². The number of esters is 2. The van der Waals surface area contributed by atoms with Gasteiger partial charge in [-0.25, -0.2) is 9.59 Å². The Morgan fingerprint density at radius 2 is 1.00 bits per heavy atom. The van der Waals surface area contributed by atoms with Crippen molar-refractivity contribution in [3.63, 3.8) is 0 Å². The SMILES string of the molecule is C=CC(=O)Oc1c(C)cc(C(C)(C)c2cc(C)c(OC(=O)C=C)c(C)c2)cc1C. The van der Waals surface area contributed by atoms with Crippen LogP contribution < -0.4 is 9.47 Å². The summed E-state index contributed by atoms with van der Waals surface area (Å²) in [6.45, 7) is 18.9. The van der Waals surface area contributed by atoms with Crippen molar-refractivity contribution in [1.29, 1.82) is 0 Å². The second-order valence-electron chi connectivity index (χ2n) is 7.75. The highest BCUT2D eigenvalue weighted by molar-refractivity contribution is 5.84. The molecule has 0 atom stereocenters. The summed E-state index contributed by atoms with van der Waals surface area (Å²) in [5.74, 6) is 0.181. The van der Waals surface area contributed by atoms with E-state index >= 15 is 0 Å². The Bertz CT molecular complexity index is 870. The summed E-state index contributed by atoms with van der Waals surface area (Å²) >= 11 is 0. The van der Waals surface area contributed by atoms with E-state index < -0.39 is 11.9 Å². The van der Waals surface area contributed by atoms with Crippen LogP contribution in [0.1, 0.15) is 47.2 Å².